The minimum Gasteiger partial charge on any atom is -0.481 e. The predicted molar refractivity (Wildman–Crippen MR) is 75.8 cm³/mol. The monoisotopic (exact) mass is 289 g/mol. The van der Waals surface area contributed by atoms with Gasteiger partial charge in [-0.05, 0) is 27.2 Å². The van der Waals surface area contributed by atoms with Gasteiger partial charge in [-0.3, -0.25) is 4.79 Å². The molecule has 0 radical (unpaired) electrons. The summed E-state index contributed by atoms with van der Waals surface area (Å²) < 4.78 is 10.7. The van der Waals surface area contributed by atoms with Gasteiger partial charge in [0, 0.05) is 13.0 Å². The van der Waals surface area contributed by atoms with Crippen molar-refractivity contribution in [2.45, 2.75) is 59.2 Å². The zero-order valence-corrected chi connectivity index (χ0v) is 13.1. The number of aliphatic carboxylic acids is 1. The van der Waals surface area contributed by atoms with Gasteiger partial charge in [0.1, 0.15) is 5.60 Å². The summed E-state index contributed by atoms with van der Waals surface area (Å²) in [6, 6.07) is 0. The second-order valence-electron chi connectivity index (χ2n) is 5.35. The molecule has 0 aromatic rings. The number of morpholine rings is 1. The molecule has 1 heterocycles. The summed E-state index contributed by atoms with van der Waals surface area (Å²) in [5.41, 5.74) is -0.522. The lowest BCUT2D eigenvalue weighted by Gasteiger charge is -2.34. The second kappa shape index (κ2) is 8.79. The van der Waals surface area contributed by atoms with Crippen LogP contribution in [0.3, 0.4) is 0 Å². The fraction of sp³-hybridized carbons (Fsp3) is 0.857. The van der Waals surface area contributed by atoms with Crippen molar-refractivity contribution < 1.29 is 24.2 Å². The summed E-state index contributed by atoms with van der Waals surface area (Å²) in [6.45, 7) is 10.7. The molecule has 20 heavy (non-hydrogen) atoms. The Bertz CT molecular complexity index is 311. The van der Waals surface area contributed by atoms with Crippen LogP contribution in [0.1, 0.15) is 47.5 Å². The lowest BCUT2D eigenvalue weighted by Crippen LogP contribution is -2.47. The van der Waals surface area contributed by atoms with Gasteiger partial charge in [0.05, 0.1) is 19.3 Å². The second-order valence-corrected chi connectivity index (χ2v) is 5.35. The minimum absolute atomic E-state index is 0.0484. The lowest BCUT2D eigenvalue weighted by molar-refractivity contribution is -0.138. The number of carbonyl (C=O) groups is 2. The first-order chi connectivity index (χ1) is 9.28. The third kappa shape index (κ3) is 7.99. The fourth-order valence-corrected chi connectivity index (χ4v) is 1.67. The third-order valence-electron chi connectivity index (χ3n) is 2.47. The van der Waals surface area contributed by atoms with Crippen molar-refractivity contribution >= 4 is 12.1 Å². The van der Waals surface area contributed by atoms with Gasteiger partial charge in [0.15, 0.2) is 0 Å². The Morgan fingerprint density at radius 1 is 1.35 bits per heavy atom. The van der Waals surface area contributed by atoms with Gasteiger partial charge in [-0.15, -0.1) is 0 Å². The standard InChI is InChI=1S/C12H21NO5.C2H6/c1-12(2,3)18-11(16)13-6-7-17-9(8-13)4-5-10(14)15;1-2/h9H,4-8H2,1-3H3,(H,14,15);1-2H3. The summed E-state index contributed by atoms with van der Waals surface area (Å²) in [5, 5.41) is 8.61. The number of nitrogens with zero attached hydrogens (tertiary/aromatic N) is 1. The first-order valence-corrected chi connectivity index (χ1v) is 7.09. The van der Waals surface area contributed by atoms with Gasteiger partial charge in [-0.2, -0.15) is 0 Å². The van der Waals surface area contributed by atoms with E-state index in [-0.39, 0.29) is 18.6 Å². The molecule has 1 rings (SSSR count). The van der Waals surface area contributed by atoms with Crippen molar-refractivity contribution in [1.82, 2.24) is 4.90 Å². The van der Waals surface area contributed by atoms with Crippen molar-refractivity contribution in [3.8, 4) is 0 Å². The van der Waals surface area contributed by atoms with E-state index in [9.17, 15) is 9.59 Å². The molecule has 0 aromatic carbocycles. The van der Waals surface area contributed by atoms with E-state index in [1.165, 1.54) is 0 Å². The molecule has 0 bridgehead atoms. The molecule has 1 fully saturated rings. The smallest absolute Gasteiger partial charge is 0.410 e. The summed E-state index contributed by atoms with van der Waals surface area (Å²) in [5.74, 6) is -0.854. The number of carboxylic acids is 1. The van der Waals surface area contributed by atoms with Gasteiger partial charge in [0.2, 0.25) is 0 Å². The quantitative estimate of drug-likeness (QED) is 0.864. The van der Waals surface area contributed by atoms with E-state index in [0.29, 0.717) is 26.1 Å². The van der Waals surface area contributed by atoms with Gasteiger partial charge < -0.3 is 19.5 Å². The molecule has 1 N–H and O–H groups in total. The maximum atomic E-state index is 11.8. The normalized spacial score (nSPS) is 18.9. The van der Waals surface area contributed by atoms with E-state index in [4.69, 9.17) is 14.6 Å². The van der Waals surface area contributed by atoms with Crippen LogP contribution >= 0.6 is 0 Å². The number of carbonyl (C=O) groups excluding carboxylic acids is 1. The summed E-state index contributed by atoms with van der Waals surface area (Å²) in [7, 11) is 0. The molecule has 1 atom stereocenters. The maximum Gasteiger partial charge on any atom is 0.410 e. The molecule has 1 aliphatic heterocycles. The summed E-state index contributed by atoms with van der Waals surface area (Å²) in [4.78, 5) is 23.9. The molecule has 1 amide bonds. The third-order valence-corrected chi connectivity index (χ3v) is 2.47. The van der Waals surface area contributed by atoms with E-state index >= 15 is 0 Å². The topological polar surface area (TPSA) is 76.1 Å². The van der Waals surface area contributed by atoms with Crippen LogP contribution in [0.25, 0.3) is 0 Å². The van der Waals surface area contributed by atoms with E-state index in [2.05, 4.69) is 0 Å². The van der Waals surface area contributed by atoms with Crippen molar-refractivity contribution in [1.29, 1.82) is 0 Å². The first kappa shape index (κ1) is 18.7. The molecule has 0 aliphatic carbocycles. The molecular weight excluding hydrogens is 262 g/mol. The lowest BCUT2D eigenvalue weighted by atomic mass is 10.1. The number of ether oxygens (including phenoxy) is 2. The van der Waals surface area contributed by atoms with E-state index in [0.717, 1.165) is 0 Å². The Labute approximate surface area is 121 Å². The van der Waals surface area contributed by atoms with Gasteiger partial charge >= 0.3 is 12.1 Å². The Morgan fingerprint density at radius 2 is 1.95 bits per heavy atom. The maximum absolute atomic E-state index is 11.8. The van der Waals surface area contributed by atoms with Crippen LogP contribution in [0.5, 0.6) is 0 Å². The highest BCUT2D eigenvalue weighted by Crippen LogP contribution is 2.15. The van der Waals surface area contributed by atoms with Gasteiger partial charge in [-0.1, -0.05) is 13.8 Å². The van der Waals surface area contributed by atoms with Crippen molar-refractivity contribution in [2.75, 3.05) is 19.7 Å². The van der Waals surface area contributed by atoms with Crippen LogP contribution in [0.4, 0.5) is 4.79 Å². The number of hydrogen-bond acceptors (Lipinski definition) is 4. The summed E-state index contributed by atoms with van der Waals surface area (Å²) >= 11 is 0. The molecular formula is C14H27NO5. The Balaban J connectivity index is 0.00000172. The molecule has 6 nitrogen and oxygen atoms in total. The van der Waals surface area contributed by atoms with Gasteiger partial charge in [0.25, 0.3) is 0 Å². The molecule has 1 saturated heterocycles. The highest BCUT2D eigenvalue weighted by molar-refractivity contribution is 5.68. The predicted octanol–water partition coefficient (Wildman–Crippen LogP) is 2.51. The SMILES string of the molecule is CC.CC(C)(C)OC(=O)N1CCOC(CCC(=O)O)C1. The van der Waals surface area contributed by atoms with Crippen LogP contribution in [0, 0.1) is 0 Å². The molecule has 1 unspecified atom stereocenters. The largest absolute Gasteiger partial charge is 0.481 e. The molecule has 0 aromatic heterocycles. The average Bonchev–Trinajstić information content (AvgIpc) is 2.37. The van der Waals surface area contributed by atoms with Crippen LogP contribution < -0.4 is 0 Å². The zero-order chi connectivity index (χ0) is 15.8. The molecule has 118 valence electrons. The van der Waals surface area contributed by atoms with Gasteiger partial charge in [-0.25, -0.2) is 4.79 Å². The molecule has 1 aliphatic rings. The van der Waals surface area contributed by atoms with Crippen molar-refractivity contribution in [2.24, 2.45) is 0 Å². The van der Waals surface area contributed by atoms with Crippen LogP contribution in [-0.4, -0.2) is 53.5 Å². The average molecular weight is 289 g/mol. The highest BCUT2D eigenvalue weighted by Gasteiger charge is 2.28. The Hall–Kier alpha value is -1.30. The molecule has 0 saturated carbocycles. The zero-order valence-electron chi connectivity index (χ0n) is 13.1. The van der Waals surface area contributed by atoms with E-state index in [1.54, 1.807) is 4.90 Å². The highest BCUT2D eigenvalue weighted by atomic mass is 16.6. The number of amides is 1. The number of hydrogen-bond donors (Lipinski definition) is 1. The minimum atomic E-state index is -0.854. The van der Waals surface area contributed by atoms with Crippen molar-refractivity contribution in [3.05, 3.63) is 0 Å². The van der Waals surface area contributed by atoms with Crippen LogP contribution in [0.2, 0.25) is 0 Å². The fourth-order valence-electron chi connectivity index (χ4n) is 1.67. The van der Waals surface area contributed by atoms with E-state index < -0.39 is 11.6 Å². The number of rotatable bonds is 3. The van der Waals surface area contributed by atoms with Crippen LogP contribution in [0.15, 0.2) is 0 Å². The molecule has 0 spiro atoms. The number of carboxylic acid groups (broad SMARTS) is 1. The van der Waals surface area contributed by atoms with Crippen molar-refractivity contribution in [3.63, 3.8) is 0 Å². The first-order valence-electron chi connectivity index (χ1n) is 7.09. The Kier molecular flexibility index (Phi) is 8.22. The molecule has 6 heteroatoms. The van der Waals surface area contributed by atoms with E-state index in [1.807, 2.05) is 34.6 Å². The summed E-state index contributed by atoms with van der Waals surface area (Å²) in [6.07, 6.45) is -0.130. The Morgan fingerprint density at radius 3 is 2.45 bits per heavy atom. The van der Waals surface area contributed by atoms with Crippen LogP contribution in [-0.2, 0) is 14.3 Å².